The molecule has 1 aliphatic heterocycles. The topological polar surface area (TPSA) is 26.3 Å². The summed E-state index contributed by atoms with van der Waals surface area (Å²) in [6, 6.07) is 9.98. The van der Waals surface area contributed by atoms with Gasteiger partial charge in [-0.05, 0) is 49.2 Å². The number of rotatable bonds is 2. The van der Waals surface area contributed by atoms with E-state index in [2.05, 4.69) is 0 Å². The highest BCUT2D eigenvalue weighted by Crippen LogP contribution is 2.30. The molecule has 102 valence electrons. The van der Waals surface area contributed by atoms with Crippen LogP contribution in [0.4, 0.5) is 4.39 Å². The summed E-state index contributed by atoms with van der Waals surface area (Å²) in [4.78, 5) is 12.4. The maximum absolute atomic E-state index is 13.6. The molecule has 1 unspecified atom stereocenters. The third kappa shape index (κ3) is 2.20. The minimum Gasteiger partial charge on any atom is -0.490 e. The van der Waals surface area contributed by atoms with E-state index in [1.54, 1.807) is 25.1 Å². The Morgan fingerprint density at radius 3 is 2.65 bits per heavy atom. The van der Waals surface area contributed by atoms with Gasteiger partial charge in [0, 0.05) is 17.5 Å². The van der Waals surface area contributed by atoms with Crippen molar-refractivity contribution in [1.29, 1.82) is 0 Å². The minimum atomic E-state index is -0.353. The van der Waals surface area contributed by atoms with E-state index < -0.39 is 0 Å². The molecule has 0 aliphatic carbocycles. The van der Waals surface area contributed by atoms with Gasteiger partial charge in [-0.2, -0.15) is 0 Å². The summed E-state index contributed by atoms with van der Waals surface area (Å²) in [6.07, 6.45) is 0.950. The molecule has 2 aromatic rings. The molecule has 0 N–H and O–H groups in total. The molecule has 1 aliphatic rings. The van der Waals surface area contributed by atoms with Gasteiger partial charge in [0.05, 0.1) is 0 Å². The lowest BCUT2D eigenvalue weighted by Gasteiger charge is -2.05. The van der Waals surface area contributed by atoms with Crippen molar-refractivity contribution in [3.63, 3.8) is 0 Å². The third-order valence-corrected chi connectivity index (χ3v) is 3.59. The standard InChI is InChI=1S/C17H15FO2/c1-10-3-4-13(9-15(10)18)17(19)12-5-6-16-14(8-12)7-11(2)20-16/h3-6,8-9,11H,7H2,1-2H3. The smallest absolute Gasteiger partial charge is 0.193 e. The predicted octanol–water partition coefficient (Wildman–Crippen LogP) is 3.69. The maximum Gasteiger partial charge on any atom is 0.193 e. The number of benzene rings is 2. The number of halogens is 1. The van der Waals surface area contributed by atoms with Gasteiger partial charge in [-0.3, -0.25) is 4.79 Å². The quantitative estimate of drug-likeness (QED) is 0.778. The summed E-state index contributed by atoms with van der Waals surface area (Å²) >= 11 is 0. The molecular formula is C17H15FO2. The zero-order valence-corrected chi connectivity index (χ0v) is 11.4. The van der Waals surface area contributed by atoms with Crippen LogP contribution < -0.4 is 4.74 Å². The molecule has 0 spiro atoms. The van der Waals surface area contributed by atoms with Crippen LogP contribution in [0.5, 0.6) is 5.75 Å². The highest BCUT2D eigenvalue weighted by molar-refractivity contribution is 6.09. The van der Waals surface area contributed by atoms with Crippen LogP contribution in [0.3, 0.4) is 0 Å². The van der Waals surface area contributed by atoms with Crippen molar-refractivity contribution in [2.45, 2.75) is 26.4 Å². The van der Waals surface area contributed by atoms with E-state index in [1.165, 1.54) is 6.07 Å². The van der Waals surface area contributed by atoms with Crippen LogP contribution in [0.15, 0.2) is 36.4 Å². The van der Waals surface area contributed by atoms with Crippen molar-refractivity contribution >= 4 is 5.78 Å². The van der Waals surface area contributed by atoms with E-state index in [-0.39, 0.29) is 17.7 Å². The summed E-state index contributed by atoms with van der Waals surface area (Å²) in [5, 5.41) is 0. The lowest BCUT2D eigenvalue weighted by molar-refractivity contribution is 0.103. The van der Waals surface area contributed by atoms with Crippen molar-refractivity contribution in [1.82, 2.24) is 0 Å². The van der Waals surface area contributed by atoms with E-state index in [0.717, 1.165) is 17.7 Å². The molecule has 0 aromatic heterocycles. The van der Waals surface area contributed by atoms with Gasteiger partial charge in [0.15, 0.2) is 5.78 Å². The van der Waals surface area contributed by atoms with Crippen molar-refractivity contribution < 1.29 is 13.9 Å². The molecule has 0 saturated heterocycles. The SMILES string of the molecule is Cc1ccc(C(=O)c2ccc3c(c2)CC(C)O3)cc1F. The Morgan fingerprint density at radius 2 is 1.90 bits per heavy atom. The van der Waals surface area contributed by atoms with Crippen molar-refractivity contribution in [3.8, 4) is 5.75 Å². The monoisotopic (exact) mass is 270 g/mol. The first kappa shape index (κ1) is 12.9. The summed E-state index contributed by atoms with van der Waals surface area (Å²) in [6.45, 7) is 3.68. The summed E-state index contributed by atoms with van der Waals surface area (Å²) < 4.78 is 19.2. The molecule has 1 atom stereocenters. The number of ether oxygens (including phenoxy) is 1. The molecule has 2 aromatic carbocycles. The molecule has 0 fully saturated rings. The second-order valence-corrected chi connectivity index (χ2v) is 5.25. The van der Waals surface area contributed by atoms with Crippen molar-refractivity contribution in [3.05, 3.63) is 64.5 Å². The first-order valence-corrected chi connectivity index (χ1v) is 6.65. The Kier molecular flexibility index (Phi) is 3.05. The summed E-state index contributed by atoms with van der Waals surface area (Å²) in [7, 11) is 0. The van der Waals surface area contributed by atoms with Gasteiger partial charge in [-0.15, -0.1) is 0 Å². The van der Waals surface area contributed by atoms with Gasteiger partial charge in [0.2, 0.25) is 0 Å². The van der Waals surface area contributed by atoms with E-state index in [0.29, 0.717) is 16.7 Å². The Morgan fingerprint density at radius 1 is 1.20 bits per heavy atom. The average molecular weight is 270 g/mol. The Hall–Kier alpha value is -2.16. The van der Waals surface area contributed by atoms with Crippen LogP contribution in [0.2, 0.25) is 0 Å². The molecule has 3 heteroatoms. The van der Waals surface area contributed by atoms with Crippen LogP contribution in [-0.2, 0) is 6.42 Å². The number of fused-ring (bicyclic) bond motifs is 1. The highest BCUT2D eigenvalue weighted by Gasteiger charge is 2.21. The summed E-state index contributed by atoms with van der Waals surface area (Å²) in [5.41, 5.74) is 2.53. The summed E-state index contributed by atoms with van der Waals surface area (Å²) in [5.74, 6) is 0.323. The second-order valence-electron chi connectivity index (χ2n) is 5.25. The lowest BCUT2D eigenvalue weighted by Crippen LogP contribution is -2.05. The first-order chi connectivity index (χ1) is 9.54. The zero-order valence-electron chi connectivity index (χ0n) is 11.4. The van der Waals surface area contributed by atoms with Gasteiger partial charge < -0.3 is 4.74 Å². The molecular weight excluding hydrogens is 255 g/mol. The molecule has 0 saturated carbocycles. The average Bonchev–Trinajstić information content (AvgIpc) is 2.80. The van der Waals surface area contributed by atoms with Crippen LogP contribution in [-0.4, -0.2) is 11.9 Å². The van der Waals surface area contributed by atoms with Crippen LogP contribution >= 0.6 is 0 Å². The Labute approximate surface area is 117 Å². The Bertz CT molecular complexity index is 691. The molecule has 0 radical (unpaired) electrons. The fourth-order valence-corrected chi connectivity index (χ4v) is 2.46. The van der Waals surface area contributed by atoms with Gasteiger partial charge in [0.25, 0.3) is 0 Å². The normalized spacial score (nSPS) is 16.6. The highest BCUT2D eigenvalue weighted by atomic mass is 19.1. The molecule has 1 heterocycles. The number of hydrogen-bond donors (Lipinski definition) is 0. The molecule has 0 amide bonds. The number of ketones is 1. The Balaban J connectivity index is 1.95. The van der Waals surface area contributed by atoms with Gasteiger partial charge >= 0.3 is 0 Å². The van der Waals surface area contributed by atoms with E-state index in [1.807, 2.05) is 19.1 Å². The van der Waals surface area contributed by atoms with Crippen LogP contribution in [0.1, 0.15) is 34.0 Å². The fourth-order valence-electron chi connectivity index (χ4n) is 2.46. The van der Waals surface area contributed by atoms with Crippen molar-refractivity contribution in [2.24, 2.45) is 0 Å². The number of carbonyl (C=O) groups excluding carboxylic acids is 1. The van der Waals surface area contributed by atoms with Gasteiger partial charge in [-0.25, -0.2) is 4.39 Å². The van der Waals surface area contributed by atoms with E-state index >= 15 is 0 Å². The minimum absolute atomic E-state index is 0.146. The largest absolute Gasteiger partial charge is 0.490 e. The van der Waals surface area contributed by atoms with Crippen molar-refractivity contribution in [2.75, 3.05) is 0 Å². The lowest BCUT2D eigenvalue weighted by atomic mass is 9.99. The molecule has 2 nitrogen and oxygen atoms in total. The molecule has 3 rings (SSSR count). The van der Waals surface area contributed by atoms with Crippen LogP contribution in [0.25, 0.3) is 0 Å². The fraction of sp³-hybridized carbons (Fsp3) is 0.235. The maximum atomic E-state index is 13.6. The number of carbonyl (C=O) groups is 1. The number of aryl methyl sites for hydroxylation is 1. The molecule has 20 heavy (non-hydrogen) atoms. The van der Waals surface area contributed by atoms with Gasteiger partial charge in [-0.1, -0.05) is 12.1 Å². The van der Waals surface area contributed by atoms with E-state index in [4.69, 9.17) is 4.74 Å². The number of hydrogen-bond acceptors (Lipinski definition) is 2. The van der Waals surface area contributed by atoms with Crippen LogP contribution in [0, 0.1) is 12.7 Å². The van der Waals surface area contributed by atoms with Gasteiger partial charge in [0.1, 0.15) is 17.7 Å². The second kappa shape index (κ2) is 4.75. The van der Waals surface area contributed by atoms with E-state index in [9.17, 15) is 9.18 Å². The predicted molar refractivity (Wildman–Crippen MR) is 74.8 cm³/mol. The third-order valence-electron chi connectivity index (χ3n) is 3.59. The molecule has 0 bridgehead atoms. The first-order valence-electron chi connectivity index (χ1n) is 6.65. The zero-order chi connectivity index (χ0) is 14.3.